The van der Waals surface area contributed by atoms with Crippen LogP contribution in [0.2, 0.25) is 5.02 Å². The summed E-state index contributed by atoms with van der Waals surface area (Å²) >= 11 is 10.2. The van der Waals surface area contributed by atoms with Gasteiger partial charge in [0.15, 0.2) is 0 Å². The highest BCUT2D eigenvalue weighted by atomic mass is 79.9. The monoisotopic (exact) mass is 577 g/mol. The van der Waals surface area contributed by atoms with Gasteiger partial charge in [-0.2, -0.15) is 0 Å². The van der Waals surface area contributed by atoms with Crippen molar-refractivity contribution >= 4 is 61.5 Å². The minimum atomic E-state index is -0.292. The number of fused-ring (bicyclic) bond motifs is 1. The minimum absolute atomic E-state index is 0.0418. The normalized spacial score (nSPS) is 13.5. The number of methoxy groups -OCH3 is 1. The van der Waals surface area contributed by atoms with Gasteiger partial charge in [0.05, 0.1) is 27.9 Å². The Kier molecular flexibility index (Phi) is 7.35. The largest absolute Gasteiger partial charge is 0.495 e. The summed E-state index contributed by atoms with van der Waals surface area (Å²) in [5.41, 5.74) is 2.58. The van der Waals surface area contributed by atoms with Gasteiger partial charge in [0.1, 0.15) is 5.75 Å². The second-order valence-electron chi connectivity index (χ2n) is 8.76. The number of hydrogen-bond donors (Lipinski definition) is 1. The number of rotatable bonds is 5. The van der Waals surface area contributed by atoms with E-state index in [2.05, 4.69) is 26.1 Å². The maximum atomic E-state index is 13.2. The first-order valence-electron chi connectivity index (χ1n) is 11.9. The van der Waals surface area contributed by atoms with E-state index in [1.807, 2.05) is 77.7 Å². The molecule has 1 saturated heterocycles. The lowest BCUT2D eigenvalue weighted by Crippen LogP contribution is -2.48. The molecule has 1 fully saturated rings. The topological polar surface area (TPSA) is 61.9 Å². The van der Waals surface area contributed by atoms with Crippen LogP contribution in [-0.2, 0) is 0 Å². The fourth-order valence-corrected chi connectivity index (χ4v) is 5.64. The lowest BCUT2D eigenvalue weighted by Gasteiger charge is -2.36. The molecule has 0 saturated carbocycles. The summed E-state index contributed by atoms with van der Waals surface area (Å²) in [6.45, 7) is 2.57. The number of piperazine rings is 1. The van der Waals surface area contributed by atoms with Crippen LogP contribution in [0, 0.1) is 0 Å². The molecule has 2 amide bonds. The summed E-state index contributed by atoms with van der Waals surface area (Å²) in [4.78, 5) is 30.0. The highest BCUT2D eigenvalue weighted by molar-refractivity contribution is 9.10. The van der Waals surface area contributed by atoms with Crippen molar-refractivity contribution in [2.45, 2.75) is 0 Å². The lowest BCUT2D eigenvalue weighted by molar-refractivity contribution is 0.0746. The fraction of sp³-hybridized carbons (Fsp3) is 0.172. The van der Waals surface area contributed by atoms with Crippen molar-refractivity contribution in [1.29, 1.82) is 0 Å². The third-order valence-corrected chi connectivity index (χ3v) is 7.61. The van der Waals surface area contributed by atoms with Crippen LogP contribution in [-0.4, -0.2) is 50.0 Å². The van der Waals surface area contributed by atoms with Gasteiger partial charge in [0.25, 0.3) is 11.8 Å². The summed E-state index contributed by atoms with van der Waals surface area (Å²) in [7, 11) is 1.55. The molecule has 1 aliphatic rings. The van der Waals surface area contributed by atoms with E-state index in [1.54, 1.807) is 13.2 Å². The average molecular weight is 579 g/mol. The molecule has 1 N–H and O–H groups in total. The highest BCUT2D eigenvalue weighted by Gasteiger charge is 2.24. The second-order valence-corrected chi connectivity index (χ2v) is 9.96. The molecule has 188 valence electrons. The summed E-state index contributed by atoms with van der Waals surface area (Å²) in [6.07, 6.45) is 0. The molecule has 4 aromatic carbocycles. The smallest absolute Gasteiger partial charge is 0.259 e. The van der Waals surface area contributed by atoms with Gasteiger partial charge in [-0.15, -0.1) is 0 Å². The van der Waals surface area contributed by atoms with E-state index < -0.39 is 0 Å². The molecular formula is C29H25BrClN3O3. The third-order valence-electron chi connectivity index (χ3n) is 6.52. The Hall–Kier alpha value is -3.55. The van der Waals surface area contributed by atoms with E-state index in [-0.39, 0.29) is 11.8 Å². The van der Waals surface area contributed by atoms with Gasteiger partial charge >= 0.3 is 0 Å². The van der Waals surface area contributed by atoms with Gasteiger partial charge in [-0.3, -0.25) is 9.59 Å². The Morgan fingerprint density at radius 2 is 1.62 bits per heavy atom. The first-order valence-corrected chi connectivity index (χ1v) is 13.1. The molecule has 6 nitrogen and oxygen atoms in total. The van der Waals surface area contributed by atoms with Gasteiger partial charge in [-0.1, -0.05) is 54.1 Å². The van der Waals surface area contributed by atoms with Crippen LogP contribution < -0.4 is 15.0 Å². The van der Waals surface area contributed by atoms with E-state index in [9.17, 15) is 9.59 Å². The van der Waals surface area contributed by atoms with Gasteiger partial charge < -0.3 is 19.9 Å². The number of carbonyl (C=O) groups is 2. The SMILES string of the molecule is COc1c(C(=O)Nc2ccc(N3CCN(C(=O)c4ccccc4)CC3)c(Cl)c2)cc2ccccc2c1Br. The molecule has 0 unspecified atom stereocenters. The summed E-state index contributed by atoms with van der Waals surface area (Å²) in [5.74, 6) is 0.224. The molecule has 37 heavy (non-hydrogen) atoms. The van der Waals surface area contributed by atoms with Crippen molar-refractivity contribution in [2.75, 3.05) is 43.5 Å². The van der Waals surface area contributed by atoms with Gasteiger partial charge in [0, 0.05) is 37.4 Å². The van der Waals surface area contributed by atoms with Crippen LogP contribution in [0.3, 0.4) is 0 Å². The summed E-state index contributed by atoms with van der Waals surface area (Å²) in [5, 5.41) is 5.37. The van der Waals surface area contributed by atoms with Crippen molar-refractivity contribution in [3.63, 3.8) is 0 Å². The number of amides is 2. The molecule has 5 rings (SSSR count). The Bertz CT molecular complexity index is 1470. The van der Waals surface area contributed by atoms with Crippen LogP contribution in [0.15, 0.2) is 83.3 Å². The molecule has 8 heteroatoms. The molecule has 0 radical (unpaired) electrons. The molecule has 0 spiro atoms. The van der Waals surface area contributed by atoms with Crippen LogP contribution in [0.25, 0.3) is 10.8 Å². The quantitative estimate of drug-likeness (QED) is 0.295. The van der Waals surface area contributed by atoms with Crippen molar-refractivity contribution < 1.29 is 14.3 Å². The van der Waals surface area contributed by atoms with Crippen molar-refractivity contribution in [1.82, 2.24) is 4.90 Å². The molecule has 1 heterocycles. The van der Waals surface area contributed by atoms with Crippen molar-refractivity contribution in [2.24, 2.45) is 0 Å². The predicted molar refractivity (Wildman–Crippen MR) is 152 cm³/mol. The Labute approximate surface area is 228 Å². The fourth-order valence-electron chi connectivity index (χ4n) is 4.61. The predicted octanol–water partition coefficient (Wildman–Crippen LogP) is 6.48. The zero-order valence-corrected chi connectivity index (χ0v) is 22.6. The van der Waals surface area contributed by atoms with Gasteiger partial charge in [-0.05, 0) is 63.1 Å². The number of benzene rings is 4. The molecule has 0 bridgehead atoms. The molecular weight excluding hydrogens is 554 g/mol. The molecule has 0 atom stereocenters. The van der Waals surface area contributed by atoms with Crippen molar-refractivity contribution in [3.05, 3.63) is 99.5 Å². The zero-order valence-electron chi connectivity index (χ0n) is 20.2. The summed E-state index contributed by atoms with van der Waals surface area (Å²) in [6, 6.07) is 24.4. The standard InChI is InChI=1S/C29H25BrClN3O3/c1-37-27-23(17-20-9-5-6-10-22(20)26(27)30)28(35)32-21-11-12-25(24(31)18-21)33-13-15-34(16-14-33)29(36)19-7-3-2-4-8-19/h2-12,17-18H,13-16H2,1H3,(H,32,35). The van der Waals surface area contributed by atoms with Crippen LogP contribution in [0.4, 0.5) is 11.4 Å². The third kappa shape index (κ3) is 5.15. The van der Waals surface area contributed by atoms with E-state index >= 15 is 0 Å². The van der Waals surface area contributed by atoms with Crippen molar-refractivity contribution in [3.8, 4) is 5.75 Å². The second kappa shape index (κ2) is 10.8. The number of halogens is 2. The molecule has 1 aliphatic heterocycles. The number of carbonyl (C=O) groups excluding carboxylic acids is 2. The molecule has 0 aliphatic carbocycles. The summed E-state index contributed by atoms with van der Waals surface area (Å²) < 4.78 is 6.28. The first-order chi connectivity index (χ1) is 18.0. The molecule has 4 aromatic rings. The first kappa shape index (κ1) is 25.1. The zero-order chi connectivity index (χ0) is 25.9. The van der Waals surface area contributed by atoms with Crippen LogP contribution in [0.5, 0.6) is 5.75 Å². The Morgan fingerprint density at radius 1 is 0.919 bits per heavy atom. The molecule has 0 aromatic heterocycles. The van der Waals surface area contributed by atoms with Crippen LogP contribution >= 0.6 is 27.5 Å². The van der Waals surface area contributed by atoms with E-state index in [0.29, 0.717) is 53.8 Å². The number of nitrogens with one attached hydrogen (secondary N) is 1. The number of anilines is 2. The minimum Gasteiger partial charge on any atom is -0.495 e. The lowest BCUT2D eigenvalue weighted by atomic mass is 10.0. The number of hydrogen-bond acceptors (Lipinski definition) is 4. The number of ether oxygens (including phenoxy) is 1. The highest BCUT2D eigenvalue weighted by Crippen LogP contribution is 2.37. The van der Waals surface area contributed by atoms with Gasteiger partial charge in [-0.25, -0.2) is 0 Å². The number of nitrogens with zero attached hydrogens (tertiary/aromatic N) is 2. The van der Waals surface area contributed by atoms with E-state index in [1.165, 1.54) is 0 Å². The van der Waals surface area contributed by atoms with E-state index in [4.69, 9.17) is 16.3 Å². The van der Waals surface area contributed by atoms with Gasteiger partial charge in [0.2, 0.25) is 0 Å². The average Bonchev–Trinajstić information content (AvgIpc) is 2.93. The Balaban J connectivity index is 1.28. The van der Waals surface area contributed by atoms with Crippen LogP contribution in [0.1, 0.15) is 20.7 Å². The maximum Gasteiger partial charge on any atom is 0.259 e. The van der Waals surface area contributed by atoms with E-state index in [0.717, 1.165) is 20.9 Å². The maximum absolute atomic E-state index is 13.2. The Morgan fingerprint density at radius 3 is 2.32 bits per heavy atom.